The van der Waals surface area contributed by atoms with Gasteiger partial charge in [0.2, 0.25) is 0 Å². The van der Waals surface area contributed by atoms with Crippen molar-refractivity contribution in [2.45, 2.75) is 0 Å². The highest BCUT2D eigenvalue weighted by Gasteiger charge is 2.40. The molecule has 8 bridgehead atoms. The summed E-state index contributed by atoms with van der Waals surface area (Å²) in [5.74, 6) is -0.875. The van der Waals surface area contributed by atoms with Gasteiger partial charge in [-0.15, -0.1) is 0 Å². The van der Waals surface area contributed by atoms with Gasteiger partial charge in [-0.2, -0.15) is 0 Å². The van der Waals surface area contributed by atoms with Gasteiger partial charge >= 0.3 is 0 Å². The molecule has 0 aliphatic carbocycles. The maximum Gasteiger partial charge on any atom is 0.166 e. The van der Waals surface area contributed by atoms with Gasteiger partial charge in [-0.05, 0) is 0 Å². The van der Waals surface area contributed by atoms with E-state index in [0.29, 0.717) is 0 Å². The fourth-order valence-electron chi connectivity index (χ4n) is 6.10. The van der Waals surface area contributed by atoms with Gasteiger partial charge in [0.15, 0.2) is 46.7 Å². The minimum absolute atomic E-state index is 0.0821. The van der Waals surface area contributed by atoms with Crippen LogP contribution in [0.3, 0.4) is 0 Å². The minimum atomic E-state index is -0.109. The zero-order valence-electron chi connectivity index (χ0n) is 25.6. The Morgan fingerprint density at radius 2 is 0.232 bits per heavy atom. The number of hydrogen-bond donors (Lipinski definition) is 0. The molecule has 5 aliphatic rings. The minimum Gasteiger partial charge on any atom is -0.208 e. The summed E-state index contributed by atoms with van der Waals surface area (Å²) in [5, 5.41) is -1.49. The largest absolute Gasteiger partial charge is 0.208 e. The highest BCUT2D eigenvalue weighted by atomic mass is 35.5. The molecule has 24 heteroatoms. The van der Waals surface area contributed by atoms with Crippen molar-refractivity contribution in [1.29, 1.82) is 0 Å². The molecule has 0 saturated heterocycles. The maximum absolute atomic E-state index is 6.82. The predicted molar refractivity (Wildman–Crippen MR) is 238 cm³/mol. The third kappa shape index (κ3) is 5.64. The van der Waals surface area contributed by atoms with Crippen molar-refractivity contribution in [3.05, 3.63) is 125 Å². The fourth-order valence-corrected chi connectivity index (χ4v) is 10.2. The van der Waals surface area contributed by atoms with Crippen molar-refractivity contribution in [1.82, 2.24) is 0 Å². The molecule has 0 fully saturated rings. The van der Waals surface area contributed by atoms with E-state index in [1.165, 1.54) is 0 Å². The van der Waals surface area contributed by atoms with Crippen molar-refractivity contribution in [2.75, 3.05) is 0 Å². The van der Waals surface area contributed by atoms with E-state index in [1.807, 2.05) is 0 Å². The van der Waals surface area contributed by atoms with Crippen LogP contribution in [0.15, 0.2) is 39.9 Å². The van der Waals surface area contributed by atoms with Crippen LogP contribution in [0.5, 0.6) is 0 Å². The Morgan fingerprint density at radius 1 is 0.143 bits per heavy atom. The fraction of sp³-hybridized carbons (Fsp3) is 0. The lowest BCUT2D eigenvalue weighted by Gasteiger charge is -2.12. The summed E-state index contributed by atoms with van der Waals surface area (Å²) in [6.45, 7) is 0. The quantitative estimate of drug-likeness (QED) is 0.124. The Morgan fingerprint density at radius 3 is 0.321 bits per heavy atom. The number of halogens is 16. The van der Waals surface area contributed by atoms with Gasteiger partial charge < -0.3 is 0 Å². The first kappa shape index (κ1) is 40.3. The molecule has 9 rings (SSSR count). The summed E-state index contributed by atoms with van der Waals surface area (Å²) >= 11 is 107. The van der Waals surface area contributed by atoms with Crippen LogP contribution in [0.2, 0.25) is 80.4 Å². The predicted octanol–water partition coefficient (Wildman–Crippen LogP) is 15.3. The number of fused-ring (bicyclic) bond motifs is 16. The van der Waals surface area contributed by atoms with E-state index in [-0.39, 0.29) is 172 Å². The molecule has 0 N–H and O–H groups in total. The standard InChI is InChI=1S/C32Cl16N8/c33-9-1-2(10(34)18(42)17(9)41)26-49-25(1)53-27-3-4(12(36)20(44)19(43)11(3)35)29(50-27)55-31-7-8(16(40)24(48)23(47)15(7)39)32(52-31)56-30-6-5(28(51-30)54-26)13(37)21(45)22(46)14(6)38. The van der Waals surface area contributed by atoms with Crippen LogP contribution in [0, 0.1) is 0 Å². The second kappa shape index (κ2) is 14.2. The van der Waals surface area contributed by atoms with Gasteiger partial charge in [0, 0.05) is 0 Å². The molecule has 0 radical (unpaired) electrons. The van der Waals surface area contributed by atoms with Crippen LogP contribution in [0.1, 0.15) is 44.5 Å². The maximum atomic E-state index is 6.82. The first-order valence-electron chi connectivity index (χ1n) is 14.6. The number of amidine groups is 8. The SMILES string of the molecule is Clc1c(Cl)c(Cl)c2c(c1Cl)C1=NC2=NC2=NC(=NC3=NC(=NC4=NC(=N1)c1c(Cl)c(Cl)c(Cl)c(Cl)c14)c1c(Cl)c(Cl)c(Cl)c(Cl)c13)c1c(Cl)c(Cl)c(Cl)c(Cl)c12. The zero-order chi connectivity index (χ0) is 40.1. The number of nitrogens with zero attached hydrogens (tertiary/aromatic N) is 8. The third-order valence-electron chi connectivity index (χ3n) is 8.55. The lowest BCUT2D eigenvalue weighted by Crippen LogP contribution is -2.06. The molecule has 5 aliphatic heterocycles. The van der Waals surface area contributed by atoms with E-state index >= 15 is 0 Å². The van der Waals surface area contributed by atoms with Gasteiger partial charge in [0.05, 0.1) is 125 Å². The average Bonchev–Trinajstić information content (AvgIpc) is 3.92. The van der Waals surface area contributed by atoms with Gasteiger partial charge in [-0.1, -0.05) is 186 Å². The number of aliphatic imine (C=N–C) groups is 8. The van der Waals surface area contributed by atoms with Crippen LogP contribution < -0.4 is 0 Å². The first-order valence-corrected chi connectivity index (χ1v) is 20.6. The summed E-state index contributed by atoms with van der Waals surface area (Å²) in [4.78, 5) is 37.7. The summed E-state index contributed by atoms with van der Waals surface area (Å²) < 4.78 is 0. The zero-order valence-corrected chi connectivity index (χ0v) is 37.7. The highest BCUT2D eigenvalue weighted by Crippen LogP contribution is 2.50. The molecule has 0 atom stereocenters. The third-order valence-corrected chi connectivity index (χ3v) is 15.8. The summed E-state index contributed by atoms with van der Waals surface area (Å²) in [7, 11) is 0. The van der Waals surface area contributed by atoms with Crippen molar-refractivity contribution >= 4 is 232 Å². The van der Waals surface area contributed by atoms with E-state index in [2.05, 4.69) is 20.0 Å². The topological polar surface area (TPSA) is 98.9 Å². The summed E-state index contributed by atoms with van der Waals surface area (Å²) in [5.41, 5.74) is 0.873. The van der Waals surface area contributed by atoms with E-state index in [9.17, 15) is 0 Å². The summed E-state index contributed by atoms with van der Waals surface area (Å²) in [6, 6.07) is 0. The molecular formula is C32Cl16N8. The van der Waals surface area contributed by atoms with E-state index in [4.69, 9.17) is 206 Å². The molecule has 8 nitrogen and oxygen atoms in total. The second-order valence-electron chi connectivity index (χ2n) is 11.5. The lowest BCUT2D eigenvalue weighted by molar-refractivity contribution is 1.49. The monoisotopic (exact) mass is 1060 g/mol. The molecule has 4 aromatic rings. The lowest BCUT2D eigenvalue weighted by atomic mass is 10.1. The number of benzene rings is 4. The van der Waals surface area contributed by atoms with Crippen molar-refractivity contribution < 1.29 is 0 Å². The molecule has 0 aromatic heterocycles. The van der Waals surface area contributed by atoms with Gasteiger partial charge in [0.1, 0.15) is 0 Å². The molecule has 0 amide bonds. The number of hydrogen-bond acceptors (Lipinski definition) is 8. The molecule has 4 aromatic carbocycles. The summed E-state index contributed by atoms with van der Waals surface area (Å²) in [6.07, 6.45) is 0. The first-order chi connectivity index (χ1) is 26.4. The van der Waals surface area contributed by atoms with Gasteiger partial charge in [-0.25, -0.2) is 39.9 Å². The molecular weight excluding hydrogens is 1060 g/mol. The van der Waals surface area contributed by atoms with Crippen molar-refractivity contribution in [3.63, 3.8) is 0 Å². The van der Waals surface area contributed by atoms with E-state index < -0.39 is 0 Å². The normalized spacial score (nSPS) is 16.0. The Kier molecular flexibility index (Phi) is 10.2. The second-order valence-corrected chi connectivity index (χ2v) is 17.6. The molecule has 56 heavy (non-hydrogen) atoms. The Labute approximate surface area is 393 Å². The number of rotatable bonds is 0. The van der Waals surface area contributed by atoms with Crippen molar-refractivity contribution in [3.8, 4) is 0 Å². The molecule has 280 valence electrons. The molecule has 0 saturated carbocycles. The van der Waals surface area contributed by atoms with Crippen LogP contribution in [0.4, 0.5) is 0 Å². The Bertz CT molecular complexity index is 2560. The van der Waals surface area contributed by atoms with Crippen LogP contribution in [-0.4, -0.2) is 46.7 Å². The highest BCUT2D eigenvalue weighted by molar-refractivity contribution is 6.60. The molecule has 0 unspecified atom stereocenters. The van der Waals surface area contributed by atoms with Gasteiger partial charge in [-0.3, -0.25) is 0 Å². The average molecular weight is 1060 g/mol. The Hall–Kier alpha value is -1.12. The molecule has 0 spiro atoms. The van der Waals surface area contributed by atoms with Crippen molar-refractivity contribution in [2.24, 2.45) is 39.9 Å². The van der Waals surface area contributed by atoms with E-state index in [1.54, 1.807) is 0 Å². The van der Waals surface area contributed by atoms with E-state index in [0.717, 1.165) is 0 Å². The molecule has 5 heterocycles. The Balaban J connectivity index is 1.47. The smallest absolute Gasteiger partial charge is 0.166 e. The van der Waals surface area contributed by atoms with Crippen LogP contribution in [0.25, 0.3) is 0 Å². The van der Waals surface area contributed by atoms with Crippen LogP contribution in [-0.2, 0) is 0 Å². The van der Waals surface area contributed by atoms with Crippen LogP contribution >= 0.6 is 186 Å². The van der Waals surface area contributed by atoms with Gasteiger partial charge in [0.25, 0.3) is 0 Å².